The van der Waals surface area contributed by atoms with Crippen LogP contribution in [0.25, 0.3) is 0 Å². The maximum absolute atomic E-state index is 12.3. The van der Waals surface area contributed by atoms with E-state index in [1.165, 1.54) is 0 Å². The molecule has 132 valence electrons. The molecule has 1 saturated heterocycles. The summed E-state index contributed by atoms with van der Waals surface area (Å²) in [7, 11) is 1.90. The standard InChI is InChI=1S/C18H27N3O3/c1-18(2,3)24-17(23)21-11-7-8-14(21)12-20(4)13-16(22)15-9-5-6-10-19-15/h5-6,9-10,14H,7-8,11-13H2,1-4H3. The van der Waals surface area contributed by atoms with Crippen LogP contribution >= 0.6 is 0 Å². The van der Waals surface area contributed by atoms with Crippen molar-refractivity contribution in [3.05, 3.63) is 30.1 Å². The number of aromatic nitrogens is 1. The number of rotatable bonds is 5. The Morgan fingerprint density at radius 1 is 1.38 bits per heavy atom. The van der Waals surface area contributed by atoms with Gasteiger partial charge in [-0.25, -0.2) is 4.79 Å². The summed E-state index contributed by atoms with van der Waals surface area (Å²) in [6, 6.07) is 5.40. The van der Waals surface area contributed by atoms with E-state index < -0.39 is 5.60 Å². The molecule has 6 nitrogen and oxygen atoms in total. The third-order valence-corrected chi connectivity index (χ3v) is 3.89. The van der Waals surface area contributed by atoms with E-state index in [1.807, 2.05) is 32.7 Å². The van der Waals surface area contributed by atoms with Crippen LogP contribution < -0.4 is 0 Å². The molecule has 1 fully saturated rings. The number of hydrogen-bond donors (Lipinski definition) is 0. The lowest BCUT2D eigenvalue weighted by Crippen LogP contribution is -2.45. The van der Waals surface area contributed by atoms with Crippen molar-refractivity contribution in [2.24, 2.45) is 0 Å². The highest BCUT2D eigenvalue weighted by atomic mass is 16.6. The molecular weight excluding hydrogens is 306 g/mol. The van der Waals surface area contributed by atoms with Crippen molar-refractivity contribution >= 4 is 11.9 Å². The number of hydrogen-bond acceptors (Lipinski definition) is 5. The Balaban J connectivity index is 1.89. The third kappa shape index (κ3) is 5.30. The number of carbonyl (C=O) groups excluding carboxylic acids is 2. The van der Waals surface area contributed by atoms with E-state index in [2.05, 4.69) is 4.98 Å². The normalized spacial score (nSPS) is 18.0. The van der Waals surface area contributed by atoms with Crippen LogP contribution in [0.5, 0.6) is 0 Å². The SMILES string of the molecule is CN(CC(=O)c1ccccn1)CC1CCCN1C(=O)OC(C)(C)C. The van der Waals surface area contributed by atoms with E-state index in [9.17, 15) is 9.59 Å². The predicted octanol–water partition coefficient (Wildman–Crippen LogP) is 2.60. The first-order chi connectivity index (χ1) is 11.3. The summed E-state index contributed by atoms with van der Waals surface area (Å²) in [5.74, 6) is -0.0140. The van der Waals surface area contributed by atoms with Gasteiger partial charge in [0.2, 0.25) is 0 Å². The zero-order valence-corrected chi connectivity index (χ0v) is 15.0. The van der Waals surface area contributed by atoms with Crippen molar-refractivity contribution in [1.82, 2.24) is 14.8 Å². The first kappa shape index (κ1) is 18.4. The molecule has 6 heteroatoms. The topological polar surface area (TPSA) is 62.7 Å². The van der Waals surface area contributed by atoms with Crippen molar-refractivity contribution in [2.45, 2.75) is 45.3 Å². The Hall–Kier alpha value is -1.95. The molecule has 0 N–H and O–H groups in total. The van der Waals surface area contributed by atoms with Gasteiger partial charge in [0.25, 0.3) is 0 Å². The Kier molecular flexibility index (Phi) is 5.94. The van der Waals surface area contributed by atoms with Gasteiger partial charge in [-0.2, -0.15) is 0 Å². The van der Waals surface area contributed by atoms with Crippen molar-refractivity contribution in [1.29, 1.82) is 0 Å². The number of ketones is 1. The number of ether oxygens (including phenoxy) is 1. The van der Waals surface area contributed by atoms with E-state index in [1.54, 1.807) is 29.3 Å². The van der Waals surface area contributed by atoms with Gasteiger partial charge in [0.15, 0.2) is 5.78 Å². The molecule has 0 spiro atoms. The van der Waals surface area contributed by atoms with Crippen molar-refractivity contribution < 1.29 is 14.3 Å². The molecule has 0 aliphatic carbocycles. The molecule has 1 aliphatic rings. The summed E-state index contributed by atoms with van der Waals surface area (Å²) >= 11 is 0. The second-order valence-electron chi connectivity index (χ2n) is 7.30. The molecule has 0 saturated carbocycles. The molecule has 0 aromatic carbocycles. The van der Waals surface area contributed by atoms with Crippen molar-refractivity contribution in [2.75, 3.05) is 26.7 Å². The molecule has 1 aromatic rings. The van der Waals surface area contributed by atoms with Gasteiger partial charge < -0.3 is 9.64 Å². The molecule has 0 bridgehead atoms. The van der Waals surface area contributed by atoms with E-state index in [4.69, 9.17) is 4.74 Å². The van der Waals surface area contributed by atoms with Crippen molar-refractivity contribution in [3.8, 4) is 0 Å². The third-order valence-electron chi connectivity index (χ3n) is 3.89. The lowest BCUT2D eigenvalue weighted by molar-refractivity contribution is 0.0205. The minimum atomic E-state index is -0.495. The largest absolute Gasteiger partial charge is 0.444 e. The number of likely N-dealkylation sites (N-methyl/N-ethyl adjacent to an activating group) is 1. The zero-order valence-electron chi connectivity index (χ0n) is 15.0. The highest BCUT2D eigenvalue weighted by Crippen LogP contribution is 2.21. The zero-order chi connectivity index (χ0) is 17.7. The van der Waals surface area contributed by atoms with Gasteiger partial charge in [0, 0.05) is 25.3 Å². The molecule has 24 heavy (non-hydrogen) atoms. The summed E-state index contributed by atoms with van der Waals surface area (Å²) in [5.41, 5.74) is -0.0230. The maximum Gasteiger partial charge on any atom is 0.410 e. The molecule has 2 heterocycles. The number of likely N-dealkylation sites (tertiary alicyclic amines) is 1. The Labute approximate surface area is 143 Å². The molecule has 1 atom stereocenters. The lowest BCUT2D eigenvalue weighted by atomic mass is 10.2. The van der Waals surface area contributed by atoms with E-state index in [0.717, 1.165) is 12.8 Å². The van der Waals surface area contributed by atoms with Gasteiger partial charge in [-0.05, 0) is 52.8 Å². The smallest absolute Gasteiger partial charge is 0.410 e. The monoisotopic (exact) mass is 333 g/mol. The average Bonchev–Trinajstić information content (AvgIpc) is 2.94. The number of amides is 1. The molecule has 1 amide bonds. The van der Waals surface area contributed by atoms with E-state index in [0.29, 0.717) is 18.8 Å². The molecule has 2 rings (SSSR count). The van der Waals surface area contributed by atoms with Crippen LogP contribution in [0.1, 0.15) is 44.1 Å². The number of carbonyl (C=O) groups is 2. The van der Waals surface area contributed by atoms with Crippen molar-refractivity contribution in [3.63, 3.8) is 0 Å². The van der Waals surface area contributed by atoms with E-state index >= 15 is 0 Å². The Morgan fingerprint density at radius 3 is 2.75 bits per heavy atom. The number of nitrogens with zero attached hydrogens (tertiary/aromatic N) is 3. The fraction of sp³-hybridized carbons (Fsp3) is 0.611. The highest BCUT2D eigenvalue weighted by molar-refractivity contribution is 5.95. The van der Waals surface area contributed by atoms with Crippen LogP contribution in [-0.2, 0) is 4.74 Å². The quantitative estimate of drug-likeness (QED) is 0.775. The molecule has 0 radical (unpaired) electrons. The Bertz CT molecular complexity index is 569. The minimum absolute atomic E-state index is 0.0140. The lowest BCUT2D eigenvalue weighted by Gasteiger charge is -2.30. The summed E-state index contributed by atoms with van der Waals surface area (Å²) < 4.78 is 5.48. The van der Waals surface area contributed by atoms with Gasteiger partial charge in [0.05, 0.1) is 6.54 Å². The highest BCUT2D eigenvalue weighted by Gasteiger charge is 2.32. The van der Waals surface area contributed by atoms with E-state index in [-0.39, 0.29) is 24.5 Å². The van der Waals surface area contributed by atoms with Crippen LogP contribution in [0.15, 0.2) is 24.4 Å². The second-order valence-corrected chi connectivity index (χ2v) is 7.30. The minimum Gasteiger partial charge on any atom is -0.444 e. The van der Waals surface area contributed by atoms with Gasteiger partial charge in [-0.1, -0.05) is 6.07 Å². The second kappa shape index (κ2) is 7.75. The van der Waals surface area contributed by atoms with Crippen LogP contribution in [-0.4, -0.2) is 65.0 Å². The summed E-state index contributed by atoms with van der Waals surface area (Å²) in [4.78, 5) is 32.3. The summed E-state index contributed by atoms with van der Waals surface area (Å²) in [6.07, 6.45) is 3.25. The number of Topliss-reactive ketones (excluding diaryl/α,β-unsaturated/α-hetero) is 1. The van der Waals surface area contributed by atoms with Gasteiger partial charge in [-0.3, -0.25) is 14.7 Å². The molecule has 1 unspecified atom stereocenters. The van der Waals surface area contributed by atoms with Crippen LogP contribution in [0.4, 0.5) is 4.79 Å². The first-order valence-electron chi connectivity index (χ1n) is 8.38. The number of pyridine rings is 1. The first-order valence-corrected chi connectivity index (χ1v) is 8.38. The van der Waals surface area contributed by atoms with Crippen LogP contribution in [0.2, 0.25) is 0 Å². The van der Waals surface area contributed by atoms with Gasteiger partial charge >= 0.3 is 6.09 Å². The predicted molar refractivity (Wildman–Crippen MR) is 92.0 cm³/mol. The molecule has 1 aliphatic heterocycles. The maximum atomic E-state index is 12.3. The van der Waals surface area contributed by atoms with Gasteiger partial charge in [0.1, 0.15) is 11.3 Å². The summed E-state index contributed by atoms with van der Waals surface area (Å²) in [5, 5.41) is 0. The van der Waals surface area contributed by atoms with Crippen LogP contribution in [0.3, 0.4) is 0 Å². The summed E-state index contributed by atoms with van der Waals surface area (Å²) in [6.45, 7) is 7.25. The molecular formula is C18H27N3O3. The average molecular weight is 333 g/mol. The van der Waals surface area contributed by atoms with Gasteiger partial charge in [-0.15, -0.1) is 0 Å². The fourth-order valence-electron chi connectivity index (χ4n) is 2.86. The van der Waals surface area contributed by atoms with Crippen LogP contribution in [0, 0.1) is 0 Å². The fourth-order valence-corrected chi connectivity index (χ4v) is 2.86. The Morgan fingerprint density at radius 2 is 2.12 bits per heavy atom. The molecule has 1 aromatic heterocycles.